The highest BCUT2D eigenvalue weighted by atomic mass is 19.1. The van der Waals surface area contributed by atoms with Crippen molar-refractivity contribution in [1.82, 2.24) is 20.1 Å². The standard InChI is InChI=1S/C15H18FN5O/c1-3-14-20-19-9-21(14)15(17-2)18-8-11-10-6-7-22-13(10)5-4-12(11)16/h4-5,9H,3,6-8H2,1-2H3,(H,17,18). The summed E-state index contributed by atoms with van der Waals surface area (Å²) in [5, 5.41) is 11.1. The Kier molecular flexibility index (Phi) is 4.04. The Balaban J connectivity index is 1.82. The Morgan fingerprint density at radius 1 is 1.50 bits per heavy atom. The molecule has 6 nitrogen and oxygen atoms in total. The molecule has 2 aromatic rings. The number of ether oxygens (including phenoxy) is 1. The predicted octanol–water partition coefficient (Wildman–Crippen LogP) is 1.54. The van der Waals surface area contributed by atoms with Crippen molar-refractivity contribution in [3.63, 3.8) is 0 Å². The molecule has 0 bridgehead atoms. The number of nitrogens with zero attached hydrogens (tertiary/aromatic N) is 4. The van der Waals surface area contributed by atoms with Gasteiger partial charge in [-0.1, -0.05) is 6.92 Å². The van der Waals surface area contributed by atoms with E-state index in [1.807, 2.05) is 6.92 Å². The molecule has 1 aromatic heterocycles. The third-order valence-electron chi connectivity index (χ3n) is 3.74. The van der Waals surface area contributed by atoms with E-state index in [1.165, 1.54) is 6.07 Å². The van der Waals surface area contributed by atoms with Gasteiger partial charge in [0.05, 0.1) is 6.61 Å². The van der Waals surface area contributed by atoms with Crippen LogP contribution in [-0.4, -0.2) is 34.4 Å². The monoisotopic (exact) mass is 303 g/mol. The van der Waals surface area contributed by atoms with E-state index < -0.39 is 0 Å². The fourth-order valence-corrected chi connectivity index (χ4v) is 2.62. The Bertz CT molecular complexity index is 710. The topological polar surface area (TPSA) is 64.3 Å². The SMILES string of the molecule is CCc1nncn1/C(=N\C)NCc1c(F)ccc2c1CCO2. The number of fused-ring (bicyclic) bond motifs is 1. The van der Waals surface area contributed by atoms with Gasteiger partial charge in [-0.3, -0.25) is 9.56 Å². The molecule has 22 heavy (non-hydrogen) atoms. The molecule has 0 saturated heterocycles. The number of aromatic nitrogens is 3. The number of hydrogen-bond donors (Lipinski definition) is 1. The molecule has 0 fully saturated rings. The highest BCUT2D eigenvalue weighted by molar-refractivity contribution is 5.82. The summed E-state index contributed by atoms with van der Waals surface area (Å²) >= 11 is 0. The Labute approximate surface area is 128 Å². The highest BCUT2D eigenvalue weighted by Crippen LogP contribution is 2.30. The Morgan fingerprint density at radius 2 is 2.36 bits per heavy atom. The maximum atomic E-state index is 14.1. The summed E-state index contributed by atoms with van der Waals surface area (Å²) in [5.41, 5.74) is 1.56. The zero-order valence-corrected chi connectivity index (χ0v) is 12.6. The van der Waals surface area contributed by atoms with Crippen LogP contribution in [0.3, 0.4) is 0 Å². The second kappa shape index (κ2) is 6.13. The smallest absolute Gasteiger partial charge is 0.205 e. The molecule has 1 N–H and O–H groups in total. The quantitative estimate of drug-likeness (QED) is 0.690. The van der Waals surface area contributed by atoms with Crippen molar-refractivity contribution in [2.24, 2.45) is 4.99 Å². The van der Waals surface area contributed by atoms with Crippen molar-refractivity contribution in [3.8, 4) is 5.75 Å². The lowest BCUT2D eigenvalue weighted by Gasteiger charge is -2.14. The lowest BCUT2D eigenvalue weighted by Crippen LogP contribution is -2.31. The van der Waals surface area contributed by atoms with Crippen molar-refractivity contribution in [2.75, 3.05) is 13.7 Å². The van der Waals surface area contributed by atoms with Gasteiger partial charge in [0.15, 0.2) is 0 Å². The lowest BCUT2D eigenvalue weighted by molar-refractivity contribution is 0.356. The first-order valence-electron chi connectivity index (χ1n) is 7.27. The van der Waals surface area contributed by atoms with Crippen molar-refractivity contribution in [3.05, 3.63) is 41.2 Å². The van der Waals surface area contributed by atoms with Gasteiger partial charge in [-0.15, -0.1) is 10.2 Å². The third-order valence-corrected chi connectivity index (χ3v) is 3.74. The molecule has 2 heterocycles. The lowest BCUT2D eigenvalue weighted by atomic mass is 10.0. The third kappa shape index (κ3) is 2.54. The number of benzene rings is 1. The van der Waals surface area contributed by atoms with E-state index in [9.17, 15) is 4.39 Å². The van der Waals surface area contributed by atoms with Gasteiger partial charge in [0.1, 0.15) is 23.7 Å². The maximum absolute atomic E-state index is 14.1. The van der Waals surface area contributed by atoms with Crippen LogP contribution in [0, 0.1) is 5.82 Å². The molecule has 116 valence electrons. The van der Waals surface area contributed by atoms with Crippen molar-refractivity contribution < 1.29 is 9.13 Å². The molecular weight excluding hydrogens is 285 g/mol. The summed E-state index contributed by atoms with van der Waals surface area (Å²) in [6.45, 7) is 2.94. The summed E-state index contributed by atoms with van der Waals surface area (Å²) in [4.78, 5) is 4.21. The van der Waals surface area contributed by atoms with Gasteiger partial charge in [-0.2, -0.15) is 0 Å². The van der Waals surface area contributed by atoms with Crippen molar-refractivity contribution >= 4 is 5.96 Å². The molecule has 7 heteroatoms. The van der Waals surface area contributed by atoms with Crippen LogP contribution < -0.4 is 10.1 Å². The summed E-state index contributed by atoms with van der Waals surface area (Å²) in [6.07, 6.45) is 3.07. The van der Waals surface area contributed by atoms with Gasteiger partial charge in [0, 0.05) is 37.6 Å². The number of aryl methyl sites for hydroxylation is 1. The number of rotatable bonds is 3. The summed E-state index contributed by atoms with van der Waals surface area (Å²) in [5.74, 6) is 1.94. The molecule has 3 rings (SSSR count). The average Bonchev–Trinajstić information content (AvgIpc) is 3.18. The molecule has 0 radical (unpaired) electrons. The molecule has 0 amide bonds. The van der Waals surface area contributed by atoms with Gasteiger partial charge in [-0.25, -0.2) is 4.39 Å². The number of aliphatic imine (C=N–C) groups is 1. The van der Waals surface area contributed by atoms with Crippen LogP contribution in [0.15, 0.2) is 23.5 Å². The van der Waals surface area contributed by atoms with Crippen LogP contribution in [0.2, 0.25) is 0 Å². The second-order valence-corrected chi connectivity index (χ2v) is 4.97. The first kappa shape index (κ1) is 14.5. The van der Waals surface area contributed by atoms with E-state index in [4.69, 9.17) is 4.74 Å². The first-order valence-corrected chi connectivity index (χ1v) is 7.27. The number of halogens is 1. The Hall–Kier alpha value is -2.44. The fraction of sp³-hybridized carbons (Fsp3) is 0.400. The Morgan fingerprint density at radius 3 is 3.14 bits per heavy atom. The number of nitrogens with one attached hydrogen (secondary N) is 1. The molecule has 0 spiro atoms. The fourth-order valence-electron chi connectivity index (χ4n) is 2.62. The molecule has 0 atom stereocenters. The molecule has 0 saturated carbocycles. The van der Waals surface area contributed by atoms with Crippen LogP contribution in [0.1, 0.15) is 23.9 Å². The van der Waals surface area contributed by atoms with Gasteiger partial charge in [0.2, 0.25) is 5.96 Å². The van der Waals surface area contributed by atoms with E-state index in [0.717, 1.165) is 30.0 Å². The first-order chi connectivity index (χ1) is 10.7. The molecule has 1 aliphatic rings. The largest absolute Gasteiger partial charge is 0.493 e. The molecule has 0 aliphatic carbocycles. The van der Waals surface area contributed by atoms with Crippen LogP contribution >= 0.6 is 0 Å². The second-order valence-electron chi connectivity index (χ2n) is 4.97. The van der Waals surface area contributed by atoms with E-state index in [2.05, 4.69) is 20.5 Å². The minimum atomic E-state index is -0.230. The van der Waals surface area contributed by atoms with Gasteiger partial charge < -0.3 is 10.1 Å². The van der Waals surface area contributed by atoms with Crippen LogP contribution in [-0.2, 0) is 19.4 Å². The summed E-state index contributed by atoms with van der Waals surface area (Å²) in [7, 11) is 1.68. The van der Waals surface area contributed by atoms with E-state index in [1.54, 1.807) is 24.0 Å². The van der Waals surface area contributed by atoms with Gasteiger partial charge >= 0.3 is 0 Å². The van der Waals surface area contributed by atoms with Gasteiger partial charge in [-0.05, 0) is 12.1 Å². The number of hydrogen-bond acceptors (Lipinski definition) is 4. The van der Waals surface area contributed by atoms with E-state index >= 15 is 0 Å². The summed E-state index contributed by atoms with van der Waals surface area (Å²) < 4.78 is 21.4. The zero-order valence-electron chi connectivity index (χ0n) is 12.6. The van der Waals surface area contributed by atoms with Crippen LogP contribution in [0.4, 0.5) is 4.39 Å². The van der Waals surface area contributed by atoms with E-state index in [-0.39, 0.29) is 5.82 Å². The maximum Gasteiger partial charge on any atom is 0.205 e. The van der Waals surface area contributed by atoms with E-state index in [0.29, 0.717) is 24.7 Å². The minimum Gasteiger partial charge on any atom is -0.493 e. The highest BCUT2D eigenvalue weighted by Gasteiger charge is 2.20. The normalized spacial score (nSPS) is 13.9. The molecular formula is C15H18FN5O. The van der Waals surface area contributed by atoms with Crippen LogP contribution in [0.5, 0.6) is 5.75 Å². The average molecular weight is 303 g/mol. The minimum absolute atomic E-state index is 0.230. The van der Waals surface area contributed by atoms with Gasteiger partial charge in [0.25, 0.3) is 0 Å². The van der Waals surface area contributed by atoms with Crippen LogP contribution in [0.25, 0.3) is 0 Å². The molecule has 1 aliphatic heterocycles. The van der Waals surface area contributed by atoms with Crippen molar-refractivity contribution in [2.45, 2.75) is 26.3 Å². The summed E-state index contributed by atoms with van der Waals surface area (Å²) in [6, 6.07) is 3.13. The molecule has 0 unspecified atom stereocenters. The molecule has 1 aromatic carbocycles. The predicted molar refractivity (Wildman–Crippen MR) is 80.6 cm³/mol. The van der Waals surface area contributed by atoms with Crippen molar-refractivity contribution in [1.29, 1.82) is 0 Å². The zero-order chi connectivity index (χ0) is 15.5.